The summed E-state index contributed by atoms with van der Waals surface area (Å²) in [6, 6.07) is 6.17. The normalized spacial score (nSPS) is 12.7. The van der Waals surface area contributed by atoms with Crippen LogP contribution >= 0.6 is 0 Å². The summed E-state index contributed by atoms with van der Waals surface area (Å²) in [5.74, 6) is 0.659. The summed E-state index contributed by atoms with van der Waals surface area (Å²) in [5.41, 5.74) is 9.73. The number of unbranched alkanes of at least 4 members (excludes halogenated alkanes) is 2. The van der Waals surface area contributed by atoms with Crippen molar-refractivity contribution in [3.8, 4) is 11.3 Å². The second kappa shape index (κ2) is 14.9. The fourth-order valence-electron chi connectivity index (χ4n) is 4.41. The van der Waals surface area contributed by atoms with Crippen molar-refractivity contribution in [3.63, 3.8) is 0 Å². The quantitative estimate of drug-likeness (QED) is 0.159. The van der Waals surface area contributed by atoms with Gasteiger partial charge in [0.25, 0.3) is 5.91 Å². The monoisotopic (exact) mass is 514 g/mol. The molecule has 3 aromatic heterocycles. The SMILES string of the molecule is CCC/C=C\C(=C/NC(CCC)CCCC)C(=O)Nc1cc2cc(-c3cnccc3CC)nc(N)c2cn1. The van der Waals surface area contributed by atoms with E-state index in [4.69, 9.17) is 5.73 Å². The molecule has 7 heteroatoms. The Labute approximate surface area is 227 Å². The van der Waals surface area contributed by atoms with Crippen LogP contribution in [0.3, 0.4) is 0 Å². The molecule has 0 aromatic carbocycles. The number of fused-ring (bicyclic) bond motifs is 1. The first-order chi connectivity index (χ1) is 18.5. The maximum absolute atomic E-state index is 13.3. The fraction of sp³-hybridized carbons (Fsp3) is 0.419. The minimum Gasteiger partial charge on any atom is -0.388 e. The van der Waals surface area contributed by atoms with Crippen LogP contribution in [-0.4, -0.2) is 26.9 Å². The molecule has 202 valence electrons. The predicted molar refractivity (Wildman–Crippen MR) is 159 cm³/mol. The predicted octanol–water partition coefficient (Wildman–Crippen LogP) is 6.96. The van der Waals surface area contributed by atoms with Crippen molar-refractivity contribution in [1.29, 1.82) is 0 Å². The van der Waals surface area contributed by atoms with E-state index in [1.165, 1.54) is 6.42 Å². The topological polar surface area (TPSA) is 106 Å². The van der Waals surface area contributed by atoms with Crippen LogP contribution in [0, 0.1) is 0 Å². The number of hydrogen-bond acceptors (Lipinski definition) is 6. The molecule has 0 aliphatic rings. The average molecular weight is 515 g/mol. The highest BCUT2D eigenvalue weighted by molar-refractivity contribution is 6.06. The van der Waals surface area contributed by atoms with Gasteiger partial charge >= 0.3 is 0 Å². The maximum Gasteiger partial charge on any atom is 0.258 e. The van der Waals surface area contributed by atoms with Crippen LogP contribution in [0.1, 0.15) is 78.2 Å². The number of anilines is 2. The van der Waals surface area contributed by atoms with Gasteiger partial charge in [0, 0.05) is 41.8 Å². The lowest BCUT2D eigenvalue weighted by atomic mass is 10.0. The molecule has 0 radical (unpaired) electrons. The molecule has 3 rings (SSSR count). The summed E-state index contributed by atoms with van der Waals surface area (Å²) in [6.45, 7) is 8.62. The van der Waals surface area contributed by atoms with Gasteiger partial charge in [0.2, 0.25) is 0 Å². The van der Waals surface area contributed by atoms with Crippen molar-refractivity contribution in [2.75, 3.05) is 11.1 Å². The molecule has 3 heterocycles. The van der Waals surface area contributed by atoms with E-state index in [-0.39, 0.29) is 5.91 Å². The maximum atomic E-state index is 13.3. The number of amides is 1. The summed E-state index contributed by atoms with van der Waals surface area (Å²) < 4.78 is 0. The molecule has 0 spiro atoms. The molecule has 0 aliphatic carbocycles. The van der Waals surface area contributed by atoms with Gasteiger partial charge in [-0.1, -0.05) is 65.5 Å². The lowest BCUT2D eigenvalue weighted by Gasteiger charge is -2.17. The summed E-state index contributed by atoms with van der Waals surface area (Å²) in [7, 11) is 0. The number of nitrogens with zero attached hydrogens (tertiary/aromatic N) is 3. The van der Waals surface area contributed by atoms with Crippen LogP contribution in [0.4, 0.5) is 11.6 Å². The molecule has 0 saturated carbocycles. The van der Waals surface area contributed by atoms with Crippen LogP contribution in [0.25, 0.3) is 22.0 Å². The van der Waals surface area contributed by atoms with E-state index in [0.29, 0.717) is 23.3 Å². The van der Waals surface area contributed by atoms with Gasteiger partial charge in [-0.15, -0.1) is 0 Å². The van der Waals surface area contributed by atoms with E-state index in [9.17, 15) is 4.79 Å². The van der Waals surface area contributed by atoms with Crippen LogP contribution < -0.4 is 16.4 Å². The average Bonchev–Trinajstić information content (AvgIpc) is 2.93. The summed E-state index contributed by atoms with van der Waals surface area (Å²) in [6.07, 6.45) is 19.4. The Morgan fingerprint density at radius 1 is 1.08 bits per heavy atom. The number of allylic oxidation sites excluding steroid dienone is 1. The molecule has 0 fully saturated rings. The molecule has 0 aliphatic heterocycles. The molecule has 0 bridgehead atoms. The Bertz CT molecular complexity index is 1270. The number of rotatable bonds is 14. The number of nitrogen functional groups attached to an aromatic ring is 1. The minimum atomic E-state index is -0.203. The van der Waals surface area contributed by atoms with Crippen molar-refractivity contribution in [2.45, 2.75) is 85.1 Å². The number of nitrogens with one attached hydrogen (secondary N) is 2. The summed E-state index contributed by atoms with van der Waals surface area (Å²) in [5, 5.41) is 8.08. The van der Waals surface area contributed by atoms with Gasteiger partial charge in [0.05, 0.1) is 11.3 Å². The van der Waals surface area contributed by atoms with Gasteiger partial charge < -0.3 is 16.4 Å². The van der Waals surface area contributed by atoms with Gasteiger partial charge in [-0.3, -0.25) is 9.78 Å². The van der Waals surface area contributed by atoms with Crippen molar-refractivity contribution >= 4 is 28.3 Å². The van der Waals surface area contributed by atoms with Crippen molar-refractivity contribution in [1.82, 2.24) is 20.3 Å². The van der Waals surface area contributed by atoms with Gasteiger partial charge in [-0.25, -0.2) is 9.97 Å². The van der Waals surface area contributed by atoms with E-state index >= 15 is 0 Å². The van der Waals surface area contributed by atoms with E-state index in [1.54, 1.807) is 12.4 Å². The van der Waals surface area contributed by atoms with Crippen molar-refractivity contribution < 1.29 is 4.79 Å². The molecule has 3 aromatic rings. The van der Waals surface area contributed by atoms with E-state index in [0.717, 1.165) is 72.5 Å². The molecule has 1 atom stereocenters. The molecule has 7 nitrogen and oxygen atoms in total. The van der Waals surface area contributed by atoms with Crippen molar-refractivity contribution in [3.05, 3.63) is 66.3 Å². The number of carbonyl (C=O) groups is 1. The Kier molecular flexibility index (Phi) is 11.3. The van der Waals surface area contributed by atoms with Gasteiger partial charge in [0.1, 0.15) is 11.6 Å². The third-order valence-corrected chi connectivity index (χ3v) is 6.59. The standard InChI is InChI=1S/C31H42N6O/c1-5-9-11-13-23(19-34-25(12-7-3)14-10-6-2)31(38)37-29-18-24-17-28(36-30(32)27(24)21-35-29)26-20-33-16-15-22(26)8-4/h11,13,15-21,25,34H,5-10,12,14H2,1-4H3,(H2,32,36)(H,35,37,38)/b13-11-,23-19+. The first kappa shape index (κ1) is 28.8. The largest absolute Gasteiger partial charge is 0.388 e. The molecular formula is C31H42N6O. The molecule has 0 saturated heterocycles. The highest BCUT2D eigenvalue weighted by Gasteiger charge is 2.13. The first-order valence-corrected chi connectivity index (χ1v) is 13.9. The number of carbonyl (C=O) groups excluding carboxylic acids is 1. The van der Waals surface area contributed by atoms with Crippen LogP contribution in [0.5, 0.6) is 0 Å². The van der Waals surface area contributed by atoms with Crippen LogP contribution in [0.2, 0.25) is 0 Å². The second-order valence-electron chi connectivity index (χ2n) is 9.61. The zero-order valence-electron chi connectivity index (χ0n) is 23.3. The van der Waals surface area contributed by atoms with Gasteiger partial charge in [-0.2, -0.15) is 0 Å². The van der Waals surface area contributed by atoms with E-state index in [2.05, 4.69) is 53.3 Å². The molecule has 1 unspecified atom stereocenters. The van der Waals surface area contributed by atoms with Crippen LogP contribution in [0.15, 0.2) is 60.7 Å². The number of nitrogens with two attached hydrogens (primary N) is 1. The fourth-order valence-corrected chi connectivity index (χ4v) is 4.41. The number of pyridine rings is 3. The Balaban J connectivity index is 1.88. The lowest BCUT2D eigenvalue weighted by molar-refractivity contribution is -0.112. The van der Waals surface area contributed by atoms with E-state index in [1.807, 2.05) is 42.7 Å². The highest BCUT2D eigenvalue weighted by Crippen LogP contribution is 2.29. The van der Waals surface area contributed by atoms with E-state index < -0.39 is 0 Å². The zero-order valence-corrected chi connectivity index (χ0v) is 23.3. The third-order valence-electron chi connectivity index (χ3n) is 6.59. The zero-order chi connectivity index (χ0) is 27.3. The Morgan fingerprint density at radius 3 is 2.66 bits per heavy atom. The van der Waals surface area contributed by atoms with Crippen LogP contribution in [-0.2, 0) is 11.2 Å². The number of hydrogen-bond donors (Lipinski definition) is 3. The second-order valence-corrected chi connectivity index (χ2v) is 9.61. The Morgan fingerprint density at radius 2 is 1.92 bits per heavy atom. The van der Waals surface area contributed by atoms with Crippen molar-refractivity contribution in [2.24, 2.45) is 0 Å². The molecular weight excluding hydrogens is 472 g/mol. The first-order valence-electron chi connectivity index (χ1n) is 13.9. The smallest absolute Gasteiger partial charge is 0.258 e. The lowest BCUT2D eigenvalue weighted by Crippen LogP contribution is -2.26. The summed E-state index contributed by atoms with van der Waals surface area (Å²) >= 11 is 0. The molecule has 4 N–H and O–H groups in total. The summed E-state index contributed by atoms with van der Waals surface area (Å²) in [4.78, 5) is 26.6. The van der Waals surface area contributed by atoms with Gasteiger partial charge in [-0.05, 0) is 54.8 Å². The highest BCUT2D eigenvalue weighted by atomic mass is 16.1. The number of aryl methyl sites for hydroxylation is 1. The van der Waals surface area contributed by atoms with Gasteiger partial charge in [0.15, 0.2) is 0 Å². The Hall–Kier alpha value is -3.74. The third kappa shape index (κ3) is 7.88. The number of aromatic nitrogens is 3. The molecule has 1 amide bonds. The minimum absolute atomic E-state index is 0.203. The molecule has 38 heavy (non-hydrogen) atoms.